The van der Waals surface area contributed by atoms with Gasteiger partial charge in [-0.15, -0.1) is 0 Å². The summed E-state index contributed by atoms with van der Waals surface area (Å²) in [4.78, 5) is 12.9. The Morgan fingerprint density at radius 3 is 1.80 bits per heavy atom. The van der Waals surface area contributed by atoms with Gasteiger partial charge in [-0.2, -0.15) is 0 Å². The van der Waals surface area contributed by atoms with Crippen molar-refractivity contribution in [2.75, 3.05) is 0 Å². The summed E-state index contributed by atoms with van der Waals surface area (Å²) in [5, 5.41) is 20.5. The van der Waals surface area contributed by atoms with Crippen LogP contribution in [0.4, 0.5) is 0 Å². The molecular weight excluding hydrogens is 544 g/mol. The minimum Gasteiger partial charge on any atom is -0.393 e. The number of hydrogen-bond donors (Lipinski definition) is 2. The minimum atomic E-state index is -0.535. The molecule has 0 bridgehead atoms. The Labute approximate surface area is 267 Å². The molecule has 240 valence electrons. The molecular formula is C40H56O4. The van der Waals surface area contributed by atoms with Crippen molar-refractivity contribution in [3.05, 3.63) is 107 Å². The van der Waals surface area contributed by atoms with E-state index in [1.54, 1.807) is 6.08 Å². The molecule has 2 fully saturated rings. The number of ketones is 1. The standard InChI is InChI=1S/C40H56O4/c1-28(17-13-18-30(3)21-22-36(43)39(9)26-33(42)25-38(39,7)8)15-11-12-16-29(2)19-14-20-31(4)34-23-35-37(5,6)24-32(41)27-40(35,10)44-34/h11-23,32-34,41-42H,24-27H2,1-10H3/b12-11+,17-13+,19-14+,22-21+,28-15+,29-16+,30-18+,31-20+/t32-,33-,34-,39-,40-/m0/s1. The molecule has 0 aromatic heterocycles. The number of aliphatic hydroxyl groups excluding tert-OH is 2. The lowest BCUT2D eigenvalue weighted by molar-refractivity contribution is -0.127. The van der Waals surface area contributed by atoms with Crippen LogP contribution in [0.25, 0.3) is 0 Å². The zero-order valence-corrected chi connectivity index (χ0v) is 28.8. The third-order valence-electron chi connectivity index (χ3n) is 10.0. The summed E-state index contributed by atoms with van der Waals surface area (Å²) >= 11 is 0. The van der Waals surface area contributed by atoms with Crippen molar-refractivity contribution in [3.63, 3.8) is 0 Å². The second-order valence-corrected chi connectivity index (χ2v) is 15.0. The minimum absolute atomic E-state index is 0.0579. The predicted octanol–water partition coefficient (Wildman–Crippen LogP) is 9.02. The van der Waals surface area contributed by atoms with Crippen molar-refractivity contribution >= 4 is 5.78 Å². The molecule has 4 heteroatoms. The summed E-state index contributed by atoms with van der Waals surface area (Å²) < 4.78 is 6.45. The predicted molar refractivity (Wildman–Crippen MR) is 184 cm³/mol. The normalized spacial score (nSPS) is 33.3. The molecule has 44 heavy (non-hydrogen) atoms. The average Bonchev–Trinajstić information content (AvgIpc) is 3.37. The number of fused-ring (bicyclic) bond motifs is 1. The maximum atomic E-state index is 12.9. The van der Waals surface area contributed by atoms with Gasteiger partial charge in [-0.1, -0.05) is 118 Å². The fourth-order valence-corrected chi connectivity index (χ4v) is 7.09. The summed E-state index contributed by atoms with van der Waals surface area (Å²) in [5.74, 6) is 0.0827. The Morgan fingerprint density at radius 2 is 1.23 bits per heavy atom. The first-order chi connectivity index (χ1) is 20.4. The smallest absolute Gasteiger partial charge is 0.162 e. The molecule has 0 spiro atoms. The van der Waals surface area contributed by atoms with Gasteiger partial charge in [0.05, 0.1) is 23.9 Å². The van der Waals surface area contributed by atoms with E-state index in [9.17, 15) is 15.0 Å². The quantitative estimate of drug-likeness (QED) is 0.149. The van der Waals surface area contributed by atoms with Gasteiger partial charge in [0.15, 0.2) is 5.78 Å². The van der Waals surface area contributed by atoms with Crippen LogP contribution in [0, 0.1) is 16.2 Å². The van der Waals surface area contributed by atoms with Gasteiger partial charge in [-0.3, -0.25) is 4.79 Å². The molecule has 0 aromatic carbocycles. The van der Waals surface area contributed by atoms with Crippen molar-refractivity contribution < 1.29 is 19.7 Å². The fraction of sp³-hybridized carbons (Fsp3) is 0.525. The van der Waals surface area contributed by atoms with Gasteiger partial charge in [-0.05, 0) is 88.0 Å². The second-order valence-electron chi connectivity index (χ2n) is 15.0. The Balaban J connectivity index is 1.51. The van der Waals surface area contributed by atoms with Gasteiger partial charge in [0.2, 0.25) is 0 Å². The van der Waals surface area contributed by atoms with E-state index in [1.807, 2.05) is 50.3 Å². The molecule has 2 N–H and O–H groups in total. The Hall–Kier alpha value is -2.79. The molecule has 5 atom stereocenters. The first kappa shape index (κ1) is 35.7. The molecule has 2 saturated carbocycles. The van der Waals surface area contributed by atoms with E-state index in [4.69, 9.17) is 4.74 Å². The van der Waals surface area contributed by atoms with E-state index < -0.39 is 17.1 Å². The maximum absolute atomic E-state index is 12.9. The number of rotatable bonds is 10. The van der Waals surface area contributed by atoms with Crippen molar-refractivity contribution in [3.8, 4) is 0 Å². The molecule has 2 aliphatic carbocycles. The SMILES string of the molecule is CC(/C=C/C=C(C)/C=C/C(=O)[C@]1(C)C[C@@H](O)CC1(C)C)=C\C=C\C=C(C)\C=C\C=C(/C)[C@@H]1C=C2C(C)(C)C[C@H](O)C[C@]2(C)O1. The molecule has 4 nitrogen and oxygen atoms in total. The topological polar surface area (TPSA) is 66.8 Å². The van der Waals surface area contributed by atoms with Gasteiger partial charge in [0, 0.05) is 11.8 Å². The fourth-order valence-electron chi connectivity index (χ4n) is 7.09. The number of hydrogen-bond acceptors (Lipinski definition) is 4. The molecule has 0 aromatic rings. The largest absolute Gasteiger partial charge is 0.393 e. The molecule has 0 radical (unpaired) electrons. The molecule has 1 aliphatic heterocycles. The van der Waals surface area contributed by atoms with Crippen molar-refractivity contribution in [2.24, 2.45) is 16.2 Å². The third-order valence-corrected chi connectivity index (χ3v) is 10.0. The monoisotopic (exact) mass is 600 g/mol. The first-order valence-electron chi connectivity index (χ1n) is 16.1. The van der Waals surface area contributed by atoms with Crippen LogP contribution in [0.3, 0.4) is 0 Å². The zero-order valence-electron chi connectivity index (χ0n) is 28.8. The van der Waals surface area contributed by atoms with Crippen molar-refractivity contribution in [1.82, 2.24) is 0 Å². The third kappa shape index (κ3) is 8.68. The average molecular weight is 601 g/mol. The summed E-state index contributed by atoms with van der Waals surface area (Å²) in [6, 6.07) is 0. The second kappa shape index (κ2) is 14.1. The summed E-state index contributed by atoms with van der Waals surface area (Å²) in [5.41, 5.74) is 4.53. The van der Waals surface area contributed by atoms with Crippen molar-refractivity contribution in [1.29, 1.82) is 0 Å². The lowest BCUT2D eigenvalue weighted by Gasteiger charge is -2.44. The molecule has 0 amide bonds. The van der Waals surface area contributed by atoms with Crippen LogP contribution in [0.15, 0.2) is 107 Å². The number of carbonyl (C=O) groups is 1. The number of allylic oxidation sites excluding steroid dienone is 15. The van der Waals surface area contributed by atoms with Crippen LogP contribution < -0.4 is 0 Å². The highest BCUT2D eigenvalue weighted by atomic mass is 16.5. The van der Waals surface area contributed by atoms with Gasteiger partial charge >= 0.3 is 0 Å². The van der Waals surface area contributed by atoms with Crippen molar-refractivity contribution in [2.45, 2.75) is 119 Å². The molecule has 0 saturated heterocycles. The first-order valence-corrected chi connectivity index (χ1v) is 16.1. The molecule has 3 aliphatic rings. The van der Waals surface area contributed by atoms with E-state index in [0.29, 0.717) is 19.3 Å². The summed E-state index contributed by atoms with van der Waals surface area (Å²) in [6.07, 6.45) is 28.1. The van der Waals surface area contributed by atoms with Crippen LogP contribution in [0.5, 0.6) is 0 Å². The van der Waals surface area contributed by atoms with E-state index in [1.165, 1.54) is 5.57 Å². The van der Waals surface area contributed by atoms with Gasteiger partial charge < -0.3 is 14.9 Å². The van der Waals surface area contributed by atoms with Gasteiger partial charge in [0.1, 0.15) is 0 Å². The van der Waals surface area contributed by atoms with Crippen LogP contribution in [-0.2, 0) is 9.53 Å². The highest BCUT2D eigenvalue weighted by molar-refractivity contribution is 5.95. The lowest BCUT2D eigenvalue weighted by atomic mass is 9.65. The molecule has 1 heterocycles. The van der Waals surface area contributed by atoms with E-state index in [-0.39, 0.29) is 28.8 Å². The van der Waals surface area contributed by atoms with Crippen LogP contribution in [-0.4, -0.2) is 39.9 Å². The maximum Gasteiger partial charge on any atom is 0.162 e. The highest BCUT2D eigenvalue weighted by Crippen LogP contribution is 2.53. The zero-order chi connectivity index (χ0) is 32.9. The van der Waals surface area contributed by atoms with Gasteiger partial charge in [-0.25, -0.2) is 0 Å². The highest BCUT2D eigenvalue weighted by Gasteiger charge is 2.53. The van der Waals surface area contributed by atoms with Crippen LogP contribution in [0.1, 0.15) is 94.9 Å². The van der Waals surface area contributed by atoms with Crippen LogP contribution >= 0.6 is 0 Å². The number of aliphatic hydroxyl groups is 2. The number of ether oxygens (including phenoxy) is 1. The Morgan fingerprint density at radius 1 is 0.705 bits per heavy atom. The van der Waals surface area contributed by atoms with E-state index in [2.05, 4.69) is 91.8 Å². The Bertz CT molecular complexity index is 1360. The lowest BCUT2D eigenvalue weighted by Crippen LogP contribution is -2.45. The van der Waals surface area contributed by atoms with Gasteiger partial charge in [0.25, 0.3) is 0 Å². The molecule has 3 rings (SSSR count). The summed E-state index contributed by atoms with van der Waals surface area (Å²) in [7, 11) is 0. The number of carbonyl (C=O) groups excluding carboxylic acids is 1. The van der Waals surface area contributed by atoms with E-state index >= 15 is 0 Å². The van der Waals surface area contributed by atoms with Crippen LogP contribution in [0.2, 0.25) is 0 Å². The Kier molecular flexibility index (Phi) is 11.4. The molecule has 0 unspecified atom stereocenters. The van der Waals surface area contributed by atoms with E-state index in [0.717, 1.165) is 28.7 Å². The summed E-state index contributed by atoms with van der Waals surface area (Å²) in [6.45, 7) is 20.9.